The van der Waals surface area contributed by atoms with Crippen LogP contribution in [0.3, 0.4) is 0 Å². The van der Waals surface area contributed by atoms with Crippen molar-refractivity contribution in [1.29, 1.82) is 0 Å². The Kier molecular flexibility index (Phi) is 9.32. The summed E-state index contributed by atoms with van der Waals surface area (Å²) < 4.78 is 19.1. The summed E-state index contributed by atoms with van der Waals surface area (Å²) >= 11 is 0. The molecule has 2 bridgehead atoms. The molecule has 3 heterocycles. The van der Waals surface area contributed by atoms with Crippen LogP contribution in [0.1, 0.15) is 85.1 Å². The fourth-order valence-electron chi connectivity index (χ4n) is 8.98. The van der Waals surface area contributed by atoms with Crippen LogP contribution in [0.5, 0.6) is 0 Å². The van der Waals surface area contributed by atoms with Gasteiger partial charge in [-0.1, -0.05) is 56.7 Å². The number of nitrogens with one attached hydrogen (secondary N) is 1. The zero-order valence-corrected chi connectivity index (χ0v) is 28.3. The van der Waals surface area contributed by atoms with E-state index in [0.717, 1.165) is 57.2 Å². The Labute approximate surface area is 275 Å². The second kappa shape index (κ2) is 13.0. The SMILES string of the molecule is [C-]#[N+]C(=CC(C)(C)N1CCCCC1)C(=O)N1CCC[C@@H]1COC(=O)N[C@@H](Cc1ccccc1)B1O[C@@H]2C[C@@H]3C[C@@H](C3(C)C)[C@]2(C)O1. The summed E-state index contributed by atoms with van der Waals surface area (Å²) in [6, 6.07) is 9.77. The van der Waals surface area contributed by atoms with E-state index in [1.165, 1.54) is 6.42 Å². The molecule has 3 aliphatic heterocycles. The standard InChI is InChI=1S/C36H51BN4O5/c1-34(2,40-17-11-8-12-18-40)23-28(38-6)32(42)41-19-13-16-27(41)24-44-33(43)39-31(20-25-14-9-7-10-15-25)37-45-30-22-26-21-29(35(26,3)4)36(30,5)46-37/h7,9-10,14-15,23,26-27,29-31H,8,11-13,16-22,24H2,1-5H3,(H,39,43)/t26-,27+,29-,30+,31-,36-/m0/s1. The van der Waals surface area contributed by atoms with E-state index >= 15 is 0 Å². The van der Waals surface area contributed by atoms with Crippen molar-refractivity contribution in [3.63, 3.8) is 0 Å². The number of alkyl carbamates (subject to hydrolysis) is 1. The molecule has 0 radical (unpaired) electrons. The van der Waals surface area contributed by atoms with Gasteiger partial charge in [0.2, 0.25) is 5.70 Å². The molecule has 46 heavy (non-hydrogen) atoms. The average Bonchev–Trinajstić information content (AvgIpc) is 3.67. The Morgan fingerprint density at radius 1 is 1.13 bits per heavy atom. The maximum absolute atomic E-state index is 13.6. The molecule has 7 rings (SSSR count). The van der Waals surface area contributed by atoms with E-state index in [-0.39, 0.29) is 46.9 Å². The highest BCUT2D eigenvalue weighted by atomic mass is 16.7. The van der Waals surface area contributed by atoms with E-state index < -0.39 is 19.2 Å². The van der Waals surface area contributed by atoms with Crippen LogP contribution in [0, 0.1) is 23.8 Å². The van der Waals surface area contributed by atoms with Gasteiger partial charge in [0.25, 0.3) is 5.91 Å². The highest BCUT2D eigenvalue weighted by Crippen LogP contribution is 2.65. The summed E-state index contributed by atoms with van der Waals surface area (Å²) in [5.74, 6) is 0.337. The van der Waals surface area contributed by atoms with Crippen LogP contribution in [-0.4, -0.2) is 84.4 Å². The summed E-state index contributed by atoms with van der Waals surface area (Å²) in [5, 5.41) is 3.07. The molecule has 0 spiro atoms. The summed E-state index contributed by atoms with van der Waals surface area (Å²) in [5.41, 5.74) is 0.667. The van der Waals surface area contributed by atoms with Crippen molar-refractivity contribution in [1.82, 2.24) is 15.1 Å². The number of benzene rings is 1. The summed E-state index contributed by atoms with van der Waals surface area (Å²) in [7, 11) is -0.586. The van der Waals surface area contributed by atoms with Gasteiger partial charge < -0.3 is 24.3 Å². The lowest BCUT2D eigenvalue weighted by atomic mass is 9.43. The topological polar surface area (TPSA) is 84.7 Å². The van der Waals surface area contributed by atoms with Crippen molar-refractivity contribution in [2.24, 2.45) is 17.3 Å². The summed E-state index contributed by atoms with van der Waals surface area (Å²) in [6.45, 7) is 21.4. The number of nitrogens with zero attached hydrogens (tertiary/aromatic N) is 3. The predicted molar refractivity (Wildman–Crippen MR) is 177 cm³/mol. The van der Waals surface area contributed by atoms with Gasteiger partial charge in [-0.05, 0) is 102 Å². The highest BCUT2D eigenvalue weighted by molar-refractivity contribution is 6.47. The fraction of sp³-hybridized carbons (Fsp3) is 0.694. The number of carbonyl (C=O) groups excluding carboxylic acids is 2. The monoisotopic (exact) mass is 630 g/mol. The molecule has 9 nitrogen and oxygen atoms in total. The van der Waals surface area contributed by atoms with Gasteiger partial charge in [-0.2, -0.15) is 0 Å². The van der Waals surface area contributed by atoms with Crippen LogP contribution in [-0.2, 0) is 25.3 Å². The lowest BCUT2D eigenvalue weighted by Crippen LogP contribution is -2.65. The number of hydrogen-bond donors (Lipinski definition) is 1. The van der Waals surface area contributed by atoms with E-state index in [9.17, 15) is 9.59 Å². The van der Waals surface area contributed by atoms with Crippen LogP contribution in [0.2, 0.25) is 0 Å². The Balaban J connectivity index is 1.10. The first-order valence-electron chi connectivity index (χ1n) is 17.4. The summed E-state index contributed by atoms with van der Waals surface area (Å²) in [4.78, 5) is 34.7. The molecule has 248 valence electrons. The molecule has 1 aromatic carbocycles. The van der Waals surface area contributed by atoms with E-state index in [0.29, 0.717) is 24.8 Å². The van der Waals surface area contributed by atoms with Gasteiger partial charge in [0.05, 0.1) is 30.3 Å². The highest BCUT2D eigenvalue weighted by Gasteiger charge is 2.68. The zero-order valence-electron chi connectivity index (χ0n) is 28.3. The molecule has 3 aliphatic carbocycles. The molecule has 0 aromatic heterocycles. The molecular formula is C36H51BN4O5. The largest absolute Gasteiger partial charge is 0.482 e. The minimum atomic E-state index is -0.586. The zero-order chi connectivity index (χ0) is 32.7. The first-order valence-corrected chi connectivity index (χ1v) is 17.4. The Morgan fingerprint density at radius 2 is 1.87 bits per heavy atom. The first-order chi connectivity index (χ1) is 21.9. The minimum Gasteiger partial charge on any atom is -0.447 e. The summed E-state index contributed by atoms with van der Waals surface area (Å²) in [6.07, 6.45) is 8.98. The van der Waals surface area contributed by atoms with E-state index in [1.807, 2.05) is 36.4 Å². The van der Waals surface area contributed by atoms with Gasteiger partial charge in [0.1, 0.15) is 6.61 Å². The number of piperidine rings is 1. The Morgan fingerprint density at radius 3 is 2.57 bits per heavy atom. The normalized spacial score (nSPS) is 31.4. The molecule has 2 amide bonds. The van der Waals surface area contributed by atoms with Crippen LogP contribution in [0.4, 0.5) is 4.79 Å². The number of amides is 2. The van der Waals surface area contributed by atoms with Crippen molar-refractivity contribution in [2.75, 3.05) is 26.2 Å². The van der Waals surface area contributed by atoms with Crippen molar-refractivity contribution in [3.05, 3.63) is 59.1 Å². The molecule has 6 atom stereocenters. The fourth-order valence-corrected chi connectivity index (χ4v) is 8.98. The van der Waals surface area contributed by atoms with Crippen molar-refractivity contribution >= 4 is 19.1 Å². The molecule has 6 aliphatic rings. The minimum absolute atomic E-state index is 0.00742. The molecule has 0 unspecified atom stereocenters. The van der Waals surface area contributed by atoms with Gasteiger partial charge in [-0.3, -0.25) is 9.69 Å². The van der Waals surface area contributed by atoms with E-state index in [2.05, 4.69) is 49.7 Å². The van der Waals surface area contributed by atoms with Gasteiger partial charge in [-0.15, -0.1) is 0 Å². The third-order valence-electron chi connectivity index (χ3n) is 11.9. The third kappa shape index (κ3) is 6.35. The van der Waals surface area contributed by atoms with Crippen LogP contribution in [0.25, 0.3) is 4.85 Å². The quantitative estimate of drug-likeness (QED) is 0.216. The molecule has 3 saturated carbocycles. The van der Waals surface area contributed by atoms with Gasteiger partial charge in [0.15, 0.2) is 0 Å². The number of hydrogen-bond acceptors (Lipinski definition) is 6. The smallest absolute Gasteiger partial charge is 0.447 e. The first kappa shape index (κ1) is 33.1. The molecule has 10 heteroatoms. The van der Waals surface area contributed by atoms with Crippen LogP contribution in [0.15, 0.2) is 42.1 Å². The van der Waals surface area contributed by atoms with Crippen LogP contribution < -0.4 is 5.32 Å². The molecule has 3 saturated heterocycles. The third-order valence-corrected chi connectivity index (χ3v) is 11.9. The number of carbonyl (C=O) groups is 2. The van der Waals surface area contributed by atoms with Gasteiger partial charge in [0, 0.05) is 12.1 Å². The maximum atomic E-state index is 13.6. The van der Waals surface area contributed by atoms with Crippen molar-refractivity contribution < 1.29 is 23.6 Å². The maximum Gasteiger partial charge on any atom is 0.482 e. The second-order valence-electron chi connectivity index (χ2n) is 15.5. The van der Waals surface area contributed by atoms with E-state index in [1.54, 1.807) is 4.90 Å². The molecule has 1 N–H and O–H groups in total. The number of ether oxygens (including phenoxy) is 1. The van der Waals surface area contributed by atoms with E-state index in [4.69, 9.17) is 20.6 Å². The average molecular weight is 631 g/mol. The van der Waals surface area contributed by atoms with Crippen molar-refractivity contribution in [2.45, 2.75) is 115 Å². The molecular weight excluding hydrogens is 579 g/mol. The number of rotatable bonds is 9. The second-order valence-corrected chi connectivity index (χ2v) is 15.5. The molecule has 6 fully saturated rings. The van der Waals surface area contributed by atoms with Gasteiger partial charge >= 0.3 is 13.2 Å². The van der Waals surface area contributed by atoms with Gasteiger partial charge in [-0.25, -0.2) is 9.64 Å². The lowest BCUT2D eigenvalue weighted by molar-refractivity contribution is -0.199. The molecule has 1 aromatic rings. The predicted octanol–water partition coefficient (Wildman–Crippen LogP) is 5.65. The Hall–Kier alpha value is -2.87. The lowest BCUT2D eigenvalue weighted by Gasteiger charge is -2.64. The number of likely N-dealkylation sites (tertiary alicyclic amines) is 2. The Bertz CT molecular complexity index is 1360. The van der Waals surface area contributed by atoms with Crippen molar-refractivity contribution in [3.8, 4) is 0 Å². The van der Waals surface area contributed by atoms with Crippen LogP contribution >= 0.6 is 0 Å².